The van der Waals surface area contributed by atoms with Crippen molar-refractivity contribution in [2.75, 3.05) is 5.32 Å². The number of hydrogen-bond donors (Lipinski definition) is 3. The molecule has 42 heavy (non-hydrogen) atoms. The minimum absolute atomic E-state index is 0. The molecule has 0 aliphatic carbocycles. The van der Waals surface area contributed by atoms with Crippen molar-refractivity contribution < 1.29 is 58.9 Å². The molecule has 0 aliphatic rings. The first-order valence-electron chi connectivity index (χ1n) is 13.7. The van der Waals surface area contributed by atoms with Crippen molar-refractivity contribution in [1.82, 2.24) is 4.57 Å². The zero-order chi connectivity index (χ0) is 29.5. The van der Waals surface area contributed by atoms with Crippen LogP contribution in [0.4, 0.5) is 10.1 Å². The van der Waals surface area contributed by atoms with Gasteiger partial charge in [0.25, 0.3) is 5.91 Å². The molecular weight excluding hydrogens is 546 g/mol. The summed E-state index contributed by atoms with van der Waals surface area (Å²) in [5.41, 5.74) is 4.75. The normalized spacial score (nSPS) is 12.4. The summed E-state index contributed by atoms with van der Waals surface area (Å²) in [4.78, 5) is 24.9. The van der Waals surface area contributed by atoms with Gasteiger partial charge in [-0.25, -0.2) is 4.39 Å². The predicted octanol–water partition coefficient (Wildman–Crippen LogP) is 1.98. The van der Waals surface area contributed by atoms with E-state index in [0.29, 0.717) is 28.9 Å². The van der Waals surface area contributed by atoms with Gasteiger partial charge in [0.05, 0.1) is 12.2 Å². The fourth-order valence-corrected chi connectivity index (χ4v) is 5.21. The number of amides is 1. The van der Waals surface area contributed by atoms with Gasteiger partial charge in [0.15, 0.2) is 0 Å². The second-order valence-electron chi connectivity index (χ2n) is 10.4. The summed E-state index contributed by atoms with van der Waals surface area (Å²) in [5.74, 6) is -2.10. The van der Waals surface area contributed by atoms with Gasteiger partial charge in [-0.1, -0.05) is 60.7 Å². The molecule has 0 saturated carbocycles. The van der Waals surface area contributed by atoms with Crippen LogP contribution in [0, 0.1) is 5.82 Å². The standard InChI is InChI=1S/C33H35FN2O5.Na/c1-21(2)36-28(18-17-26(37)19-27(38)20-29(39)40)30(23-13-15-24(34)16-14-23)31(22-9-5-3-6-10-22)32(36)33(41)35-25-11-7-4-8-12-25;/h3-16,21,26-27,37-38H,17-20H2,1-2H3,(H,35,41)(H,39,40);/q;+1/p-1/t26-,27-;/m1./s1. The second kappa shape index (κ2) is 15.3. The summed E-state index contributed by atoms with van der Waals surface area (Å²) in [6.45, 7) is 3.93. The van der Waals surface area contributed by atoms with Crippen molar-refractivity contribution in [2.45, 2.75) is 57.8 Å². The quantitative estimate of drug-likeness (QED) is 0.222. The predicted molar refractivity (Wildman–Crippen MR) is 155 cm³/mol. The molecule has 0 unspecified atom stereocenters. The molecule has 2 atom stereocenters. The van der Waals surface area contributed by atoms with E-state index in [4.69, 9.17) is 0 Å². The van der Waals surface area contributed by atoms with E-state index in [-0.39, 0.29) is 60.2 Å². The van der Waals surface area contributed by atoms with Crippen LogP contribution >= 0.6 is 0 Å². The molecule has 0 fully saturated rings. The minimum atomic E-state index is -1.39. The van der Waals surface area contributed by atoms with Crippen molar-refractivity contribution in [2.24, 2.45) is 0 Å². The van der Waals surface area contributed by atoms with Gasteiger partial charge in [0.1, 0.15) is 11.5 Å². The monoisotopic (exact) mass is 580 g/mol. The summed E-state index contributed by atoms with van der Waals surface area (Å²) >= 11 is 0. The number of nitrogens with one attached hydrogen (secondary N) is 1. The van der Waals surface area contributed by atoms with E-state index in [1.165, 1.54) is 12.1 Å². The van der Waals surface area contributed by atoms with Crippen LogP contribution in [0.3, 0.4) is 0 Å². The van der Waals surface area contributed by atoms with Gasteiger partial charge in [0, 0.05) is 40.9 Å². The third-order valence-electron chi connectivity index (χ3n) is 6.93. The summed E-state index contributed by atoms with van der Waals surface area (Å²) in [6, 6.07) is 24.6. The first-order valence-corrected chi connectivity index (χ1v) is 13.7. The van der Waals surface area contributed by atoms with Gasteiger partial charge in [-0.05, 0) is 68.5 Å². The molecule has 4 rings (SSSR count). The van der Waals surface area contributed by atoms with Gasteiger partial charge in [-0.2, -0.15) is 0 Å². The van der Waals surface area contributed by atoms with E-state index >= 15 is 0 Å². The van der Waals surface area contributed by atoms with E-state index in [2.05, 4.69) is 5.32 Å². The first kappa shape index (κ1) is 33.2. The Hall–Kier alpha value is -3.27. The largest absolute Gasteiger partial charge is 1.00 e. The van der Waals surface area contributed by atoms with Crippen molar-refractivity contribution in [3.05, 3.63) is 102 Å². The topological polar surface area (TPSA) is 115 Å². The molecule has 0 saturated heterocycles. The van der Waals surface area contributed by atoms with Crippen LogP contribution in [0.1, 0.15) is 55.3 Å². The number of carbonyl (C=O) groups is 2. The molecule has 1 amide bonds. The smallest absolute Gasteiger partial charge is 0.550 e. The Morgan fingerprint density at radius 2 is 1.43 bits per heavy atom. The van der Waals surface area contributed by atoms with Crippen LogP contribution in [0.25, 0.3) is 22.3 Å². The fourth-order valence-electron chi connectivity index (χ4n) is 5.21. The summed E-state index contributed by atoms with van der Waals surface area (Å²) in [6.07, 6.45) is -2.43. The Bertz CT molecular complexity index is 1470. The Balaban J connectivity index is 0.00000484. The number of carboxylic acids is 1. The Labute approximate surface area is 267 Å². The minimum Gasteiger partial charge on any atom is -0.550 e. The van der Waals surface area contributed by atoms with E-state index in [1.807, 2.05) is 66.9 Å². The number of aliphatic hydroxyl groups excluding tert-OH is 2. The van der Waals surface area contributed by atoms with Gasteiger partial charge >= 0.3 is 29.6 Å². The Kier molecular flexibility index (Phi) is 12.1. The number of nitrogens with zero attached hydrogens (tertiary/aromatic N) is 1. The van der Waals surface area contributed by atoms with Gasteiger partial charge in [-0.3, -0.25) is 4.79 Å². The average molecular weight is 581 g/mol. The summed E-state index contributed by atoms with van der Waals surface area (Å²) < 4.78 is 16.0. The molecule has 4 aromatic rings. The number of aromatic nitrogens is 1. The molecule has 1 heterocycles. The molecule has 0 spiro atoms. The Morgan fingerprint density at radius 1 is 0.857 bits per heavy atom. The Morgan fingerprint density at radius 3 is 2.00 bits per heavy atom. The van der Waals surface area contributed by atoms with Crippen LogP contribution in [-0.2, 0) is 11.2 Å². The van der Waals surface area contributed by atoms with Gasteiger partial charge in [-0.15, -0.1) is 0 Å². The maximum absolute atomic E-state index is 14.0. The number of carbonyl (C=O) groups excluding carboxylic acids is 2. The number of aliphatic carboxylic acids is 1. The molecular formula is C33H34FN2NaO5. The number of halogens is 1. The van der Waals surface area contributed by atoms with Crippen molar-refractivity contribution in [3.63, 3.8) is 0 Å². The average Bonchev–Trinajstić information content (AvgIpc) is 3.28. The third kappa shape index (κ3) is 8.18. The zero-order valence-electron chi connectivity index (χ0n) is 24.1. The molecule has 7 nitrogen and oxygen atoms in total. The molecule has 1 aromatic heterocycles. The van der Waals surface area contributed by atoms with Crippen molar-refractivity contribution in [3.8, 4) is 22.3 Å². The molecule has 3 aromatic carbocycles. The molecule has 0 aliphatic heterocycles. The van der Waals surface area contributed by atoms with Crippen molar-refractivity contribution >= 4 is 17.6 Å². The van der Waals surface area contributed by atoms with E-state index in [0.717, 1.165) is 16.8 Å². The molecule has 9 heteroatoms. The zero-order valence-corrected chi connectivity index (χ0v) is 26.1. The summed E-state index contributed by atoms with van der Waals surface area (Å²) in [5, 5.41) is 34.6. The van der Waals surface area contributed by atoms with Crippen LogP contribution in [0.15, 0.2) is 84.9 Å². The molecule has 0 radical (unpaired) electrons. The number of hydrogen-bond acceptors (Lipinski definition) is 5. The van der Waals surface area contributed by atoms with Crippen molar-refractivity contribution in [1.29, 1.82) is 0 Å². The fraction of sp³-hybridized carbons (Fsp3) is 0.273. The molecule has 3 N–H and O–H groups in total. The number of anilines is 1. The maximum Gasteiger partial charge on any atom is 1.00 e. The van der Waals surface area contributed by atoms with Gasteiger partial charge in [0.2, 0.25) is 0 Å². The van der Waals surface area contributed by atoms with E-state index < -0.39 is 24.6 Å². The summed E-state index contributed by atoms with van der Waals surface area (Å²) in [7, 11) is 0. The van der Waals surface area contributed by atoms with Gasteiger partial charge < -0.3 is 30.0 Å². The number of para-hydroxylation sites is 1. The number of benzene rings is 3. The number of rotatable bonds is 12. The van der Waals surface area contributed by atoms with Crippen LogP contribution in [-0.4, -0.2) is 38.9 Å². The van der Waals surface area contributed by atoms with E-state index in [9.17, 15) is 29.3 Å². The van der Waals surface area contributed by atoms with Crippen LogP contribution in [0.5, 0.6) is 0 Å². The number of aliphatic hydroxyl groups is 2. The second-order valence-corrected chi connectivity index (χ2v) is 10.4. The number of carboxylic acid groups (broad SMARTS) is 1. The third-order valence-corrected chi connectivity index (χ3v) is 6.93. The maximum atomic E-state index is 14.0. The van der Waals surface area contributed by atoms with Crippen LogP contribution in [0.2, 0.25) is 0 Å². The molecule has 0 bridgehead atoms. The SMILES string of the molecule is CC(C)n1c(CC[C@@H](O)C[C@@H](O)CC(=O)[O-])c(-c2ccc(F)cc2)c(-c2ccccc2)c1C(=O)Nc1ccccc1.[Na+]. The first-order chi connectivity index (χ1) is 19.7. The molecule has 214 valence electrons. The van der Waals surface area contributed by atoms with Crippen LogP contribution < -0.4 is 40.0 Å². The van der Waals surface area contributed by atoms with E-state index in [1.54, 1.807) is 24.3 Å².